The first kappa shape index (κ1) is 11.0. The second kappa shape index (κ2) is 5.58. The molecule has 13 heavy (non-hydrogen) atoms. The highest BCUT2D eigenvalue weighted by Crippen LogP contribution is 2.16. The predicted octanol–water partition coefficient (Wildman–Crippen LogP) is 0.428. The van der Waals surface area contributed by atoms with Gasteiger partial charge in [0, 0.05) is 12.6 Å². The Hall–Kier alpha value is -0.120. The molecule has 78 valence electrons. The first-order chi connectivity index (χ1) is 6.22. The van der Waals surface area contributed by atoms with E-state index in [1.807, 2.05) is 0 Å². The van der Waals surface area contributed by atoms with Crippen LogP contribution in [-0.2, 0) is 0 Å². The summed E-state index contributed by atoms with van der Waals surface area (Å²) in [5.74, 6) is 0.857. The molecular weight excluding hydrogens is 164 g/mol. The lowest BCUT2D eigenvalue weighted by molar-refractivity contribution is 0.204. The molecule has 0 aromatic rings. The van der Waals surface area contributed by atoms with Crippen LogP contribution in [0.5, 0.6) is 0 Å². The van der Waals surface area contributed by atoms with Crippen molar-refractivity contribution in [3.63, 3.8) is 0 Å². The highest BCUT2D eigenvalue weighted by molar-refractivity contribution is 4.71. The Kier molecular flexibility index (Phi) is 4.70. The van der Waals surface area contributed by atoms with E-state index in [1.54, 1.807) is 0 Å². The van der Waals surface area contributed by atoms with E-state index in [4.69, 9.17) is 10.8 Å². The van der Waals surface area contributed by atoms with E-state index in [9.17, 15) is 0 Å². The Morgan fingerprint density at radius 3 is 2.92 bits per heavy atom. The molecule has 1 rings (SSSR count). The average Bonchev–Trinajstić information content (AvgIpc) is 2.31. The Morgan fingerprint density at radius 1 is 1.46 bits per heavy atom. The van der Waals surface area contributed by atoms with Gasteiger partial charge in [-0.15, -0.1) is 0 Å². The van der Waals surface area contributed by atoms with Crippen molar-refractivity contribution < 1.29 is 5.11 Å². The zero-order chi connectivity index (χ0) is 9.68. The van der Waals surface area contributed by atoms with Gasteiger partial charge in [0.25, 0.3) is 0 Å². The van der Waals surface area contributed by atoms with Crippen LogP contribution >= 0.6 is 0 Å². The maximum atomic E-state index is 8.84. The Balaban J connectivity index is 2.25. The summed E-state index contributed by atoms with van der Waals surface area (Å²) < 4.78 is 0. The number of likely N-dealkylation sites (tertiary alicyclic amines) is 1. The molecule has 0 aromatic heterocycles. The molecule has 0 aliphatic carbocycles. The number of aliphatic hydroxyl groups excluding tert-OH is 1. The molecule has 0 bridgehead atoms. The third-order valence-electron chi connectivity index (χ3n) is 2.84. The van der Waals surface area contributed by atoms with Crippen LogP contribution in [-0.4, -0.2) is 42.3 Å². The summed E-state index contributed by atoms with van der Waals surface area (Å²) in [5, 5.41) is 8.84. The number of nitrogens with two attached hydrogens (primary N) is 1. The van der Waals surface area contributed by atoms with Crippen LogP contribution in [0.15, 0.2) is 0 Å². The number of hydrogen-bond donors (Lipinski definition) is 2. The van der Waals surface area contributed by atoms with Gasteiger partial charge >= 0.3 is 0 Å². The summed E-state index contributed by atoms with van der Waals surface area (Å²) in [6.07, 6.45) is 3.89. The van der Waals surface area contributed by atoms with Crippen LogP contribution in [0.3, 0.4) is 0 Å². The molecule has 1 fully saturated rings. The van der Waals surface area contributed by atoms with Gasteiger partial charge in [0.05, 0.1) is 6.61 Å². The van der Waals surface area contributed by atoms with Gasteiger partial charge in [-0.3, -0.25) is 0 Å². The van der Waals surface area contributed by atoms with Crippen LogP contribution in [0.25, 0.3) is 0 Å². The smallest absolute Gasteiger partial charge is 0.0595 e. The fourth-order valence-electron chi connectivity index (χ4n) is 1.89. The summed E-state index contributed by atoms with van der Waals surface area (Å²) in [6, 6.07) is -0.0617. The zero-order valence-electron chi connectivity index (χ0n) is 8.58. The van der Waals surface area contributed by atoms with Gasteiger partial charge in [0.1, 0.15) is 0 Å². The summed E-state index contributed by atoms with van der Waals surface area (Å²) in [6.45, 7) is 5.57. The van der Waals surface area contributed by atoms with Crippen LogP contribution in [0.4, 0.5) is 0 Å². The maximum Gasteiger partial charge on any atom is 0.0595 e. The van der Waals surface area contributed by atoms with E-state index < -0.39 is 0 Å². The molecule has 0 saturated carbocycles. The Labute approximate surface area is 80.9 Å². The fraction of sp³-hybridized carbons (Fsp3) is 1.00. The van der Waals surface area contributed by atoms with E-state index in [0.717, 1.165) is 25.6 Å². The molecule has 0 amide bonds. The van der Waals surface area contributed by atoms with Crippen LogP contribution in [0.2, 0.25) is 0 Å². The minimum absolute atomic E-state index is 0.0617. The highest BCUT2D eigenvalue weighted by atomic mass is 16.3. The summed E-state index contributed by atoms with van der Waals surface area (Å²) >= 11 is 0. The first-order valence-electron chi connectivity index (χ1n) is 5.31. The summed E-state index contributed by atoms with van der Waals surface area (Å²) in [4.78, 5) is 2.38. The van der Waals surface area contributed by atoms with Gasteiger partial charge in [-0.2, -0.15) is 0 Å². The molecule has 0 radical (unpaired) electrons. The lowest BCUT2D eigenvalue weighted by atomic mass is 10.0. The topological polar surface area (TPSA) is 49.5 Å². The number of aliphatic hydroxyl groups is 1. The molecule has 2 atom stereocenters. The van der Waals surface area contributed by atoms with Gasteiger partial charge in [-0.1, -0.05) is 6.92 Å². The van der Waals surface area contributed by atoms with E-state index in [2.05, 4.69) is 11.8 Å². The third kappa shape index (κ3) is 4.07. The summed E-state index contributed by atoms with van der Waals surface area (Å²) in [7, 11) is 0. The van der Waals surface area contributed by atoms with E-state index in [-0.39, 0.29) is 12.6 Å². The van der Waals surface area contributed by atoms with Gasteiger partial charge < -0.3 is 15.7 Å². The molecule has 3 heteroatoms. The van der Waals surface area contributed by atoms with Crippen LogP contribution in [0.1, 0.15) is 26.2 Å². The standard InChI is InChI=1S/C10H22N2O/c1-9-3-2-5-12(6-4-9)7-10(11)8-13/h9-10,13H,2-8,11H2,1H3. The second-order valence-corrected chi connectivity index (χ2v) is 4.28. The van der Waals surface area contributed by atoms with E-state index in [1.165, 1.54) is 19.3 Å². The molecular formula is C10H22N2O. The number of rotatable bonds is 3. The maximum absolute atomic E-state index is 8.84. The SMILES string of the molecule is CC1CCCN(CC(N)CO)CC1. The van der Waals surface area contributed by atoms with Crippen LogP contribution in [0, 0.1) is 5.92 Å². The van der Waals surface area contributed by atoms with Crippen molar-refractivity contribution >= 4 is 0 Å². The third-order valence-corrected chi connectivity index (χ3v) is 2.84. The first-order valence-corrected chi connectivity index (χ1v) is 5.31. The van der Waals surface area contributed by atoms with Crippen molar-refractivity contribution in [2.24, 2.45) is 11.7 Å². The lowest BCUT2D eigenvalue weighted by Crippen LogP contribution is -2.40. The van der Waals surface area contributed by atoms with Gasteiger partial charge in [-0.05, 0) is 38.3 Å². The molecule has 0 spiro atoms. The molecule has 3 N–H and O–H groups in total. The molecule has 1 heterocycles. The van der Waals surface area contributed by atoms with Crippen molar-refractivity contribution in [1.82, 2.24) is 4.90 Å². The van der Waals surface area contributed by atoms with Gasteiger partial charge in [0.2, 0.25) is 0 Å². The lowest BCUT2D eigenvalue weighted by Gasteiger charge is -2.22. The molecule has 3 nitrogen and oxygen atoms in total. The fourth-order valence-corrected chi connectivity index (χ4v) is 1.89. The van der Waals surface area contributed by atoms with Crippen molar-refractivity contribution in [3.8, 4) is 0 Å². The molecule has 1 saturated heterocycles. The van der Waals surface area contributed by atoms with Crippen LogP contribution < -0.4 is 5.73 Å². The van der Waals surface area contributed by atoms with Crippen molar-refractivity contribution in [2.45, 2.75) is 32.2 Å². The molecule has 0 aromatic carbocycles. The van der Waals surface area contributed by atoms with Gasteiger partial charge in [0.15, 0.2) is 0 Å². The molecule has 1 aliphatic heterocycles. The quantitative estimate of drug-likeness (QED) is 0.672. The van der Waals surface area contributed by atoms with E-state index >= 15 is 0 Å². The van der Waals surface area contributed by atoms with Gasteiger partial charge in [-0.25, -0.2) is 0 Å². The van der Waals surface area contributed by atoms with Crippen molar-refractivity contribution in [1.29, 1.82) is 0 Å². The zero-order valence-corrected chi connectivity index (χ0v) is 8.58. The number of nitrogens with zero attached hydrogens (tertiary/aromatic N) is 1. The molecule has 2 unspecified atom stereocenters. The van der Waals surface area contributed by atoms with E-state index in [0.29, 0.717) is 0 Å². The minimum atomic E-state index is -0.0617. The van der Waals surface area contributed by atoms with Crippen molar-refractivity contribution in [2.75, 3.05) is 26.2 Å². The average molecular weight is 186 g/mol. The largest absolute Gasteiger partial charge is 0.395 e. The predicted molar refractivity (Wildman–Crippen MR) is 54.5 cm³/mol. The minimum Gasteiger partial charge on any atom is -0.395 e. The number of hydrogen-bond acceptors (Lipinski definition) is 3. The molecule has 1 aliphatic rings. The summed E-state index contributed by atoms with van der Waals surface area (Å²) in [5.41, 5.74) is 5.70. The monoisotopic (exact) mass is 186 g/mol. The van der Waals surface area contributed by atoms with Crippen molar-refractivity contribution in [3.05, 3.63) is 0 Å². The second-order valence-electron chi connectivity index (χ2n) is 4.28. The normalized spacial score (nSPS) is 28.4. The Morgan fingerprint density at radius 2 is 2.23 bits per heavy atom. The highest BCUT2D eigenvalue weighted by Gasteiger charge is 2.15. The Bertz CT molecular complexity index is 141.